The Morgan fingerprint density at radius 1 is 0.966 bits per heavy atom. The number of aromatic amines is 1. The molecule has 0 aliphatic rings. The number of fused-ring (bicyclic) bond motifs is 5. The van der Waals surface area contributed by atoms with Crippen LogP contribution in [-0.2, 0) is 0 Å². The lowest BCUT2D eigenvalue weighted by molar-refractivity contribution is 0.311. The molecule has 0 saturated carbocycles. The van der Waals surface area contributed by atoms with Crippen molar-refractivity contribution in [1.82, 2.24) is 4.98 Å². The summed E-state index contributed by atoms with van der Waals surface area (Å²) in [6.07, 6.45) is 0. The van der Waals surface area contributed by atoms with Crippen molar-refractivity contribution < 1.29 is 9.52 Å². The van der Waals surface area contributed by atoms with E-state index < -0.39 is 0 Å². The summed E-state index contributed by atoms with van der Waals surface area (Å²) < 4.78 is 6.06. The van der Waals surface area contributed by atoms with E-state index in [1.807, 2.05) is 25.1 Å². The Labute approximate surface area is 164 Å². The van der Waals surface area contributed by atoms with E-state index in [4.69, 9.17) is 4.42 Å². The van der Waals surface area contributed by atoms with Gasteiger partial charge in [-0.2, -0.15) is 0 Å². The minimum Gasteiger partial charge on any atom is -0.453 e. The zero-order valence-electron chi connectivity index (χ0n) is 15.7. The van der Waals surface area contributed by atoms with Crippen molar-refractivity contribution in [3.05, 3.63) is 74.5 Å². The topological polar surface area (TPSA) is 95.3 Å². The molecule has 1 aromatic heterocycles. The maximum atomic E-state index is 13.4. The Hall–Kier alpha value is -3.64. The van der Waals surface area contributed by atoms with Crippen LogP contribution in [0.4, 0.5) is 5.69 Å². The second-order valence-corrected chi connectivity index (χ2v) is 7.13. The van der Waals surface area contributed by atoms with Crippen molar-refractivity contribution >= 4 is 49.4 Å². The first-order valence-corrected chi connectivity index (χ1v) is 9.38. The van der Waals surface area contributed by atoms with Gasteiger partial charge in [-0.1, -0.05) is 30.3 Å². The van der Waals surface area contributed by atoms with E-state index in [-0.39, 0.29) is 24.0 Å². The smallest absolute Gasteiger partial charge is 0.196 e. The minimum absolute atomic E-state index is 0.105. The lowest BCUT2D eigenvalue weighted by Crippen LogP contribution is -2.16. The third-order valence-corrected chi connectivity index (χ3v) is 5.20. The summed E-state index contributed by atoms with van der Waals surface area (Å²) in [6.45, 7) is 2.11. The van der Waals surface area contributed by atoms with Crippen LogP contribution < -0.4 is 16.2 Å². The van der Waals surface area contributed by atoms with Crippen LogP contribution in [0.5, 0.6) is 0 Å². The van der Waals surface area contributed by atoms with Crippen molar-refractivity contribution in [3.8, 4) is 0 Å². The SMILES string of the molecule is Cc1ccc2oc3cc(NCCO)c4c(=O)c5ccccc5c(=O)c4c3[nH]c2c1. The summed E-state index contributed by atoms with van der Waals surface area (Å²) in [5, 5.41) is 13.6. The van der Waals surface area contributed by atoms with Gasteiger partial charge in [0.25, 0.3) is 0 Å². The number of nitrogens with one attached hydrogen (secondary N) is 2. The molecule has 144 valence electrons. The number of H-pyrrole nitrogens is 1. The molecule has 0 saturated heterocycles. The van der Waals surface area contributed by atoms with E-state index in [1.54, 1.807) is 30.3 Å². The third-order valence-electron chi connectivity index (χ3n) is 5.20. The molecule has 0 unspecified atom stereocenters. The zero-order chi connectivity index (χ0) is 20.1. The number of benzene rings is 4. The monoisotopic (exact) mass is 386 g/mol. The van der Waals surface area contributed by atoms with Gasteiger partial charge in [-0.25, -0.2) is 0 Å². The molecular formula is C23H18N2O4. The molecule has 4 aromatic carbocycles. The third kappa shape index (κ3) is 2.61. The molecule has 6 nitrogen and oxygen atoms in total. The summed E-state index contributed by atoms with van der Waals surface area (Å²) >= 11 is 0. The number of anilines is 1. The second kappa shape index (κ2) is 6.46. The van der Waals surface area contributed by atoms with Crippen LogP contribution in [0.2, 0.25) is 0 Å². The maximum absolute atomic E-state index is 13.4. The van der Waals surface area contributed by atoms with E-state index >= 15 is 0 Å². The normalized spacial score (nSPS) is 11.7. The van der Waals surface area contributed by atoms with Crippen molar-refractivity contribution in [2.45, 2.75) is 6.92 Å². The molecule has 5 aromatic rings. The number of hydrogen-bond acceptors (Lipinski definition) is 5. The molecule has 0 fully saturated rings. The van der Waals surface area contributed by atoms with Crippen LogP contribution in [0.1, 0.15) is 5.56 Å². The van der Waals surface area contributed by atoms with Gasteiger partial charge in [0.15, 0.2) is 22.0 Å². The molecule has 0 spiro atoms. The lowest BCUT2D eigenvalue weighted by Gasteiger charge is -2.12. The molecule has 29 heavy (non-hydrogen) atoms. The summed E-state index contributed by atoms with van der Waals surface area (Å²) in [5.41, 5.74) is 3.40. The number of aliphatic hydroxyl groups excluding tert-OH is 1. The van der Waals surface area contributed by atoms with Gasteiger partial charge in [-0.15, -0.1) is 0 Å². The number of hydrogen-bond donors (Lipinski definition) is 3. The summed E-state index contributed by atoms with van der Waals surface area (Å²) in [7, 11) is 0. The molecule has 5 rings (SSSR count). The fourth-order valence-corrected chi connectivity index (χ4v) is 3.89. The molecule has 0 aliphatic heterocycles. The Balaban J connectivity index is 2.06. The van der Waals surface area contributed by atoms with Crippen LogP contribution >= 0.6 is 0 Å². The van der Waals surface area contributed by atoms with Crippen LogP contribution in [0.15, 0.2) is 62.5 Å². The Bertz CT molecular complexity index is 1550. The number of aliphatic hydroxyl groups is 1. The summed E-state index contributed by atoms with van der Waals surface area (Å²) in [5.74, 6) is 0. The molecule has 0 amide bonds. The van der Waals surface area contributed by atoms with E-state index in [0.29, 0.717) is 43.9 Å². The van der Waals surface area contributed by atoms with Crippen molar-refractivity contribution in [2.24, 2.45) is 0 Å². The molecule has 0 bridgehead atoms. The van der Waals surface area contributed by atoms with E-state index in [1.165, 1.54) is 0 Å². The lowest BCUT2D eigenvalue weighted by atomic mass is 9.99. The number of rotatable bonds is 3. The van der Waals surface area contributed by atoms with Gasteiger partial charge in [0.05, 0.1) is 34.1 Å². The molecule has 3 N–H and O–H groups in total. The second-order valence-electron chi connectivity index (χ2n) is 7.13. The average molecular weight is 386 g/mol. The highest BCUT2D eigenvalue weighted by Crippen LogP contribution is 2.31. The molecular weight excluding hydrogens is 368 g/mol. The minimum atomic E-state index is -0.230. The van der Waals surface area contributed by atoms with Gasteiger partial charge in [0, 0.05) is 23.4 Å². The Kier molecular flexibility index (Phi) is 3.89. The van der Waals surface area contributed by atoms with Crippen LogP contribution in [-0.4, -0.2) is 23.2 Å². The van der Waals surface area contributed by atoms with Gasteiger partial charge in [0.1, 0.15) is 0 Å². The van der Waals surface area contributed by atoms with Crippen molar-refractivity contribution in [3.63, 3.8) is 0 Å². The summed E-state index contributed by atoms with van der Waals surface area (Å²) in [4.78, 5) is 30.0. The predicted molar refractivity (Wildman–Crippen MR) is 116 cm³/mol. The molecule has 0 atom stereocenters. The van der Waals surface area contributed by atoms with E-state index in [9.17, 15) is 14.7 Å². The Morgan fingerprint density at radius 3 is 2.41 bits per heavy atom. The standard InChI is InChI=1S/C23H18N2O4/c1-12-6-7-17-15(10-12)25-21-18(29-17)11-16(24-8-9-26)19-20(21)23(28)14-5-3-2-4-13(14)22(19)27/h2-7,10-11,24-26H,8-9H2,1H3. The maximum Gasteiger partial charge on any atom is 0.196 e. The fourth-order valence-electron chi connectivity index (χ4n) is 3.89. The van der Waals surface area contributed by atoms with E-state index in [0.717, 1.165) is 11.1 Å². The first-order chi connectivity index (χ1) is 14.1. The highest BCUT2D eigenvalue weighted by Gasteiger charge is 2.18. The van der Waals surface area contributed by atoms with Crippen LogP contribution in [0.25, 0.3) is 43.7 Å². The van der Waals surface area contributed by atoms with Crippen molar-refractivity contribution in [1.29, 1.82) is 0 Å². The highest BCUT2D eigenvalue weighted by atomic mass is 16.3. The molecule has 6 heteroatoms. The molecule has 1 heterocycles. The van der Waals surface area contributed by atoms with Gasteiger partial charge in [-0.3, -0.25) is 9.59 Å². The first kappa shape index (κ1) is 17.5. The quantitative estimate of drug-likeness (QED) is 0.325. The number of aryl methyl sites for hydroxylation is 1. The van der Waals surface area contributed by atoms with Gasteiger partial charge < -0.3 is 19.8 Å². The van der Waals surface area contributed by atoms with Gasteiger partial charge in [0.2, 0.25) is 0 Å². The predicted octanol–water partition coefficient (Wildman–Crippen LogP) is 3.65. The van der Waals surface area contributed by atoms with Crippen LogP contribution in [0, 0.1) is 6.92 Å². The number of aromatic nitrogens is 1. The fraction of sp³-hybridized carbons (Fsp3) is 0.130. The van der Waals surface area contributed by atoms with E-state index in [2.05, 4.69) is 10.3 Å². The van der Waals surface area contributed by atoms with Gasteiger partial charge >= 0.3 is 0 Å². The highest BCUT2D eigenvalue weighted by molar-refractivity contribution is 6.14. The Morgan fingerprint density at radius 2 is 1.69 bits per heavy atom. The van der Waals surface area contributed by atoms with Crippen molar-refractivity contribution in [2.75, 3.05) is 18.5 Å². The molecule has 0 radical (unpaired) electrons. The first-order valence-electron chi connectivity index (χ1n) is 9.38. The molecule has 0 aliphatic carbocycles. The zero-order valence-corrected chi connectivity index (χ0v) is 15.7. The van der Waals surface area contributed by atoms with Crippen LogP contribution in [0.3, 0.4) is 0 Å². The summed E-state index contributed by atoms with van der Waals surface area (Å²) in [6, 6.07) is 14.3. The average Bonchev–Trinajstić information content (AvgIpc) is 2.73. The largest absolute Gasteiger partial charge is 0.453 e. The van der Waals surface area contributed by atoms with Gasteiger partial charge in [-0.05, 0) is 24.6 Å².